The van der Waals surface area contributed by atoms with Gasteiger partial charge in [0.1, 0.15) is 11.3 Å². The average Bonchev–Trinajstić information content (AvgIpc) is 2.36. The van der Waals surface area contributed by atoms with Gasteiger partial charge < -0.3 is 10.2 Å². The molecule has 17 heavy (non-hydrogen) atoms. The molecule has 0 aliphatic heterocycles. The predicted molar refractivity (Wildman–Crippen MR) is 71.6 cm³/mol. The van der Waals surface area contributed by atoms with Crippen LogP contribution in [0.25, 0.3) is 10.9 Å². The number of thiol groups is 1. The summed E-state index contributed by atoms with van der Waals surface area (Å²) in [6.45, 7) is 0. The lowest BCUT2D eigenvalue weighted by Crippen LogP contribution is -2.20. The Kier molecular flexibility index (Phi) is 3.89. The van der Waals surface area contributed by atoms with Crippen LogP contribution >= 0.6 is 24.2 Å². The van der Waals surface area contributed by atoms with Crippen molar-refractivity contribution in [3.8, 4) is 0 Å². The van der Waals surface area contributed by atoms with Crippen molar-refractivity contribution in [1.82, 2.24) is 4.98 Å². The van der Waals surface area contributed by atoms with Crippen LogP contribution in [-0.4, -0.2) is 27.1 Å². The van der Waals surface area contributed by atoms with Gasteiger partial charge in [-0.1, -0.05) is 29.8 Å². The Hall–Kier alpha value is -0.810. The standard InChI is InChI=1S/C12H12ClNO2S/c13-12-8(11(16)10(15)6-17)5-7-3-1-2-4-9(7)14-12/h1-5,10-11,15-17H,6H2. The Morgan fingerprint density at radius 3 is 2.71 bits per heavy atom. The number of fused-ring (bicyclic) bond motifs is 1. The first-order valence-corrected chi connectivity index (χ1v) is 6.16. The van der Waals surface area contributed by atoms with Crippen molar-refractivity contribution in [3.63, 3.8) is 0 Å². The number of nitrogens with zero attached hydrogens (tertiary/aromatic N) is 1. The molecular formula is C12H12ClNO2S. The quantitative estimate of drug-likeness (QED) is 0.592. The number of aliphatic hydroxyl groups excluding tert-OH is 2. The van der Waals surface area contributed by atoms with Crippen LogP contribution in [0.2, 0.25) is 5.15 Å². The largest absolute Gasteiger partial charge is 0.389 e. The molecule has 2 N–H and O–H groups in total. The third-order valence-corrected chi connectivity index (χ3v) is 3.25. The lowest BCUT2D eigenvalue weighted by molar-refractivity contribution is 0.0337. The zero-order chi connectivity index (χ0) is 12.4. The molecule has 0 bridgehead atoms. The molecule has 0 amide bonds. The second-order valence-corrected chi connectivity index (χ2v) is 4.48. The highest BCUT2D eigenvalue weighted by Crippen LogP contribution is 2.27. The fraction of sp³-hybridized carbons (Fsp3) is 0.250. The van der Waals surface area contributed by atoms with Gasteiger partial charge in [0, 0.05) is 16.7 Å². The average molecular weight is 270 g/mol. The minimum atomic E-state index is -1.07. The molecule has 1 heterocycles. The molecule has 0 fully saturated rings. The van der Waals surface area contributed by atoms with Gasteiger partial charge in [0.2, 0.25) is 0 Å². The van der Waals surface area contributed by atoms with Crippen LogP contribution in [0.4, 0.5) is 0 Å². The lowest BCUT2D eigenvalue weighted by Gasteiger charge is -2.17. The summed E-state index contributed by atoms with van der Waals surface area (Å²) >= 11 is 9.93. The minimum Gasteiger partial charge on any atom is -0.389 e. The molecule has 0 aliphatic rings. The summed E-state index contributed by atoms with van der Waals surface area (Å²) in [6.07, 6.45) is -2.03. The van der Waals surface area contributed by atoms with Crippen LogP contribution in [0, 0.1) is 0 Å². The van der Waals surface area contributed by atoms with E-state index in [9.17, 15) is 10.2 Å². The van der Waals surface area contributed by atoms with Crippen molar-refractivity contribution < 1.29 is 10.2 Å². The molecule has 2 rings (SSSR count). The summed E-state index contributed by atoms with van der Waals surface area (Å²) in [4.78, 5) is 4.18. The highest BCUT2D eigenvalue weighted by atomic mass is 35.5. The zero-order valence-corrected chi connectivity index (χ0v) is 10.6. The number of benzene rings is 1. The molecular weight excluding hydrogens is 258 g/mol. The van der Waals surface area contributed by atoms with E-state index in [0.717, 1.165) is 10.9 Å². The molecule has 0 radical (unpaired) electrons. The van der Waals surface area contributed by atoms with Crippen LogP contribution in [-0.2, 0) is 0 Å². The molecule has 2 aromatic rings. The van der Waals surface area contributed by atoms with Gasteiger partial charge in [-0.3, -0.25) is 0 Å². The molecule has 3 nitrogen and oxygen atoms in total. The monoisotopic (exact) mass is 269 g/mol. The zero-order valence-electron chi connectivity index (χ0n) is 8.92. The van der Waals surface area contributed by atoms with Crippen molar-refractivity contribution in [2.45, 2.75) is 12.2 Å². The minimum absolute atomic E-state index is 0.157. The molecule has 0 saturated carbocycles. The van der Waals surface area contributed by atoms with Crippen molar-refractivity contribution >= 4 is 35.1 Å². The van der Waals surface area contributed by atoms with Crippen molar-refractivity contribution in [1.29, 1.82) is 0 Å². The van der Waals surface area contributed by atoms with E-state index >= 15 is 0 Å². The maximum atomic E-state index is 9.91. The van der Waals surface area contributed by atoms with Crippen LogP contribution in [0.1, 0.15) is 11.7 Å². The van der Waals surface area contributed by atoms with Gasteiger partial charge in [-0.05, 0) is 12.1 Å². The van der Waals surface area contributed by atoms with E-state index in [-0.39, 0.29) is 10.9 Å². The van der Waals surface area contributed by atoms with E-state index in [4.69, 9.17) is 11.6 Å². The molecule has 0 aliphatic carbocycles. The topological polar surface area (TPSA) is 53.4 Å². The third kappa shape index (κ3) is 2.55. The smallest absolute Gasteiger partial charge is 0.135 e. The van der Waals surface area contributed by atoms with Gasteiger partial charge in [0.15, 0.2) is 0 Å². The van der Waals surface area contributed by atoms with Gasteiger partial charge in [-0.25, -0.2) is 4.98 Å². The molecule has 1 aromatic carbocycles. The summed E-state index contributed by atoms with van der Waals surface area (Å²) in [6, 6.07) is 9.20. The number of aliphatic hydroxyl groups is 2. The Labute approximate surface area is 109 Å². The summed E-state index contributed by atoms with van der Waals surface area (Å²) in [5.41, 5.74) is 1.18. The Balaban J connectivity index is 2.50. The highest BCUT2D eigenvalue weighted by molar-refractivity contribution is 7.80. The van der Waals surface area contributed by atoms with Crippen LogP contribution < -0.4 is 0 Å². The number of aromatic nitrogens is 1. The second-order valence-electron chi connectivity index (χ2n) is 3.76. The summed E-state index contributed by atoms with van der Waals surface area (Å²) in [5, 5.41) is 20.5. The SMILES string of the molecule is OC(CS)C(O)c1cc2ccccc2nc1Cl. The van der Waals surface area contributed by atoms with Crippen molar-refractivity contribution in [2.24, 2.45) is 0 Å². The van der Waals surface area contributed by atoms with E-state index in [2.05, 4.69) is 17.6 Å². The van der Waals surface area contributed by atoms with Gasteiger partial charge in [0.25, 0.3) is 0 Å². The normalized spacial score (nSPS) is 14.8. The molecule has 5 heteroatoms. The van der Waals surface area contributed by atoms with Gasteiger partial charge in [0.05, 0.1) is 11.6 Å². The molecule has 0 spiro atoms. The van der Waals surface area contributed by atoms with Gasteiger partial charge in [-0.2, -0.15) is 12.6 Å². The summed E-state index contributed by atoms with van der Waals surface area (Å²) in [7, 11) is 0. The van der Waals surface area contributed by atoms with Crippen LogP contribution in [0.3, 0.4) is 0 Å². The number of rotatable bonds is 3. The van der Waals surface area contributed by atoms with Crippen molar-refractivity contribution in [2.75, 3.05) is 5.75 Å². The fourth-order valence-electron chi connectivity index (χ4n) is 1.62. The lowest BCUT2D eigenvalue weighted by atomic mass is 10.1. The Morgan fingerprint density at radius 2 is 2.00 bits per heavy atom. The first-order valence-electron chi connectivity index (χ1n) is 5.15. The maximum absolute atomic E-state index is 9.91. The summed E-state index contributed by atoms with van der Waals surface area (Å²) < 4.78 is 0. The predicted octanol–water partition coefficient (Wildman–Crippen LogP) is 2.21. The summed E-state index contributed by atoms with van der Waals surface area (Å²) in [5.74, 6) is 0.157. The van der Waals surface area contributed by atoms with E-state index < -0.39 is 12.2 Å². The first kappa shape index (κ1) is 12.6. The fourth-order valence-corrected chi connectivity index (χ4v) is 2.08. The molecule has 2 unspecified atom stereocenters. The second kappa shape index (κ2) is 5.23. The van der Waals surface area contributed by atoms with E-state index in [1.807, 2.05) is 24.3 Å². The van der Waals surface area contributed by atoms with E-state index in [1.54, 1.807) is 6.07 Å². The molecule has 2 atom stereocenters. The number of pyridine rings is 1. The van der Waals surface area contributed by atoms with Crippen LogP contribution in [0.5, 0.6) is 0 Å². The number of hydrogen-bond donors (Lipinski definition) is 3. The number of para-hydroxylation sites is 1. The Morgan fingerprint density at radius 1 is 1.29 bits per heavy atom. The van der Waals surface area contributed by atoms with Gasteiger partial charge in [-0.15, -0.1) is 0 Å². The molecule has 1 aromatic heterocycles. The van der Waals surface area contributed by atoms with E-state index in [0.29, 0.717) is 5.56 Å². The third-order valence-electron chi connectivity index (χ3n) is 2.57. The van der Waals surface area contributed by atoms with Crippen molar-refractivity contribution in [3.05, 3.63) is 41.0 Å². The first-order chi connectivity index (χ1) is 8.13. The highest BCUT2D eigenvalue weighted by Gasteiger charge is 2.20. The van der Waals surface area contributed by atoms with E-state index in [1.165, 1.54) is 0 Å². The van der Waals surface area contributed by atoms with Crippen LogP contribution in [0.15, 0.2) is 30.3 Å². The Bertz CT molecular complexity index is 535. The maximum Gasteiger partial charge on any atom is 0.135 e. The number of hydrogen-bond acceptors (Lipinski definition) is 4. The molecule has 90 valence electrons. The molecule has 0 saturated heterocycles. The van der Waals surface area contributed by atoms with Gasteiger partial charge >= 0.3 is 0 Å². The number of halogens is 1.